The molecule has 0 aliphatic heterocycles. The molecule has 0 saturated heterocycles. The van der Waals surface area contributed by atoms with Crippen molar-refractivity contribution >= 4 is 28.8 Å². The lowest BCUT2D eigenvalue weighted by Crippen LogP contribution is -2.32. The molecule has 1 heterocycles. The second kappa shape index (κ2) is 9.72. The molecule has 7 heteroatoms. The number of aromatic nitrogens is 1. The lowest BCUT2D eigenvalue weighted by atomic mass is 10.2. The van der Waals surface area contributed by atoms with Crippen LogP contribution in [0.3, 0.4) is 0 Å². The van der Waals surface area contributed by atoms with Crippen LogP contribution in [-0.4, -0.2) is 29.9 Å². The van der Waals surface area contributed by atoms with E-state index in [1.807, 2.05) is 31.2 Å². The molecular formula is C23H21N3O3S. The normalized spacial score (nSPS) is 10.2. The molecule has 0 spiro atoms. The van der Waals surface area contributed by atoms with Gasteiger partial charge in [0, 0.05) is 16.8 Å². The number of nitrogens with one attached hydrogen (secondary N) is 2. The van der Waals surface area contributed by atoms with Gasteiger partial charge in [-0.05, 0) is 56.3 Å². The summed E-state index contributed by atoms with van der Waals surface area (Å²) in [6, 6.07) is 14.5. The number of carbonyl (C=O) groups is 2. The Morgan fingerprint density at radius 1 is 1.20 bits per heavy atom. The number of rotatable bonds is 7. The van der Waals surface area contributed by atoms with Crippen LogP contribution in [0.2, 0.25) is 0 Å². The van der Waals surface area contributed by atoms with E-state index < -0.39 is 0 Å². The molecule has 2 N–H and O–H groups in total. The number of nitrogens with zero attached hydrogens (tertiary/aromatic N) is 1. The Kier molecular flexibility index (Phi) is 6.83. The third kappa shape index (κ3) is 5.25. The van der Waals surface area contributed by atoms with Gasteiger partial charge in [0.15, 0.2) is 0 Å². The van der Waals surface area contributed by atoms with Gasteiger partial charge in [0.1, 0.15) is 15.6 Å². The smallest absolute Gasteiger partial charge is 0.263 e. The fourth-order valence-electron chi connectivity index (χ4n) is 2.72. The first-order valence-corrected chi connectivity index (χ1v) is 10.2. The number of amides is 2. The molecule has 0 atom stereocenters. The maximum absolute atomic E-state index is 12.5. The number of carbonyl (C=O) groups excluding carboxylic acids is 2. The Morgan fingerprint density at radius 3 is 2.67 bits per heavy atom. The number of hydrogen-bond acceptors (Lipinski definition) is 5. The highest BCUT2D eigenvalue weighted by Crippen LogP contribution is 2.29. The SMILES string of the molecule is C#Cc1cccc(NC(=O)CNC(=O)c2sc(-c3ccc(OCC)cc3)nc2C)c1. The molecule has 0 saturated carbocycles. The number of anilines is 1. The lowest BCUT2D eigenvalue weighted by Gasteiger charge is -2.07. The first kappa shape index (κ1) is 21.1. The van der Waals surface area contributed by atoms with Gasteiger partial charge < -0.3 is 15.4 Å². The van der Waals surface area contributed by atoms with E-state index in [0.717, 1.165) is 16.3 Å². The molecule has 0 fully saturated rings. The van der Waals surface area contributed by atoms with Gasteiger partial charge in [-0.1, -0.05) is 12.0 Å². The summed E-state index contributed by atoms with van der Waals surface area (Å²) in [6.45, 7) is 4.14. The fraction of sp³-hybridized carbons (Fsp3) is 0.174. The number of thiazole rings is 1. The van der Waals surface area contributed by atoms with Crippen molar-refractivity contribution in [2.45, 2.75) is 13.8 Å². The Labute approximate surface area is 179 Å². The van der Waals surface area contributed by atoms with E-state index >= 15 is 0 Å². The summed E-state index contributed by atoms with van der Waals surface area (Å²) in [5.41, 5.74) is 2.76. The van der Waals surface area contributed by atoms with Crippen LogP contribution in [0.25, 0.3) is 10.6 Å². The minimum absolute atomic E-state index is 0.158. The third-order valence-corrected chi connectivity index (χ3v) is 5.34. The summed E-state index contributed by atoms with van der Waals surface area (Å²) in [7, 11) is 0. The highest BCUT2D eigenvalue weighted by Gasteiger charge is 2.17. The molecule has 0 unspecified atom stereocenters. The van der Waals surface area contributed by atoms with Crippen molar-refractivity contribution in [3.05, 3.63) is 64.7 Å². The first-order valence-electron chi connectivity index (χ1n) is 9.35. The average molecular weight is 420 g/mol. The second-order valence-corrected chi connectivity index (χ2v) is 7.35. The summed E-state index contributed by atoms with van der Waals surface area (Å²) in [6.07, 6.45) is 5.36. The van der Waals surface area contributed by atoms with Crippen LogP contribution < -0.4 is 15.4 Å². The van der Waals surface area contributed by atoms with Crippen LogP contribution in [0.1, 0.15) is 27.9 Å². The predicted octanol–water partition coefficient (Wildman–Crippen LogP) is 3.87. The Bertz CT molecular complexity index is 1100. The molecule has 0 bridgehead atoms. The predicted molar refractivity (Wildman–Crippen MR) is 119 cm³/mol. The van der Waals surface area contributed by atoms with Crippen molar-refractivity contribution in [2.24, 2.45) is 0 Å². The van der Waals surface area contributed by atoms with Crippen molar-refractivity contribution in [2.75, 3.05) is 18.5 Å². The molecule has 3 aromatic rings. The number of terminal acetylenes is 1. The quantitative estimate of drug-likeness (QED) is 0.570. The molecule has 30 heavy (non-hydrogen) atoms. The van der Waals surface area contributed by atoms with E-state index in [9.17, 15) is 9.59 Å². The minimum atomic E-state index is -0.341. The van der Waals surface area contributed by atoms with E-state index in [1.165, 1.54) is 11.3 Å². The maximum Gasteiger partial charge on any atom is 0.263 e. The molecule has 6 nitrogen and oxygen atoms in total. The monoisotopic (exact) mass is 419 g/mol. The summed E-state index contributed by atoms with van der Waals surface area (Å²) in [5, 5.41) is 6.08. The second-order valence-electron chi connectivity index (χ2n) is 6.35. The zero-order valence-corrected chi connectivity index (χ0v) is 17.5. The Morgan fingerprint density at radius 2 is 1.97 bits per heavy atom. The molecule has 0 aliphatic carbocycles. The Balaban J connectivity index is 1.61. The summed E-state index contributed by atoms with van der Waals surface area (Å²) in [5.74, 6) is 2.61. The van der Waals surface area contributed by atoms with Gasteiger partial charge in [-0.2, -0.15) is 0 Å². The fourth-order valence-corrected chi connectivity index (χ4v) is 3.71. The van der Waals surface area contributed by atoms with Crippen molar-refractivity contribution in [1.29, 1.82) is 0 Å². The van der Waals surface area contributed by atoms with E-state index in [1.54, 1.807) is 31.2 Å². The molecule has 2 aromatic carbocycles. The van der Waals surface area contributed by atoms with Crippen molar-refractivity contribution < 1.29 is 14.3 Å². The number of ether oxygens (including phenoxy) is 1. The topological polar surface area (TPSA) is 80.3 Å². The number of aryl methyl sites for hydroxylation is 1. The van der Waals surface area contributed by atoms with Crippen molar-refractivity contribution in [3.8, 4) is 28.7 Å². The summed E-state index contributed by atoms with van der Waals surface area (Å²) >= 11 is 1.28. The third-order valence-electron chi connectivity index (χ3n) is 4.14. The van der Waals surface area contributed by atoms with Gasteiger partial charge in [-0.25, -0.2) is 4.98 Å². The number of hydrogen-bond donors (Lipinski definition) is 2. The van der Waals surface area contributed by atoms with Gasteiger partial charge in [0.05, 0.1) is 18.8 Å². The summed E-state index contributed by atoms with van der Waals surface area (Å²) in [4.78, 5) is 29.6. The highest BCUT2D eigenvalue weighted by molar-refractivity contribution is 7.17. The van der Waals surface area contributed by atoms with Gasteiger partial charge in [-0.15, -0.1) is 17.8 Å². The molecule has 1 aromatic heterocycles. The van der Waals surface area contributed by atoms with E-state index in [4.69, 9.17) is 11.2 Å². The minimum Gasteiger partial charge on any atom is -0.494 e. The van der Waals surface area contributed by atoms with E-state index in [2.05, 4.69) is 21.5 Å². The summed E-state index contributed by atoms with van der Waals surface area (Å²) < 4.78 is 5.45. The molecule has 2 amide bonds. The van der Waals surface area contributed by atoms with Crippen LogP contribution in [0.4, 0.5) is 5.69 Å². The van der Waals surface area contributed by atoms with Gasteiger partial charge >= 0.3 is 0 Å². The zero-order chi connectivity index (χ0) is 21.5. The van der Waals surface area contributed by atoms with Gasteiger partial charge in [-0.3, -0.25) is 9.59 Å². The standard InChI is InChI=1S/C23H21N3O3S/c1-4-16-7-6-8-18(13-16)26-20(27)14-24-22(28)21-15(3)25-23(30-21)17-9-11-19(12-10-17)29-5-2/h1,6-13H,5,14H2,2-3H3,(H,24,28)(H,26,27). The molecule has 0 radical (unpaired) electrons. The van der Waals surface area contributed by atoms with Crippen LogP contribution in [0.5, 0.6) is 5.75 Å². The van der Waals surface area contributed by atoms with Crippen molar-refractivity contribution in [1.82, 2.24) is 10.3 Å². The van der Waals surface area contributed by atoms with Crippen LogP contribution in [0.15, 0.2) is 48.5 Å². The van der Waals surface area contributed by atoms with E-state index in [-0.39, 0.29) is 18.4 Å². The van der Waals surface area contributed by atoms with Gasteiger partial charge in [0.2, 0.25) is 5.91 Å². The molecular weight excluding hydrogens is 398 g/mol. The zero-order valence-electron chi connectivity index (χ0n) is 16.7. The largest absolute Gasteiger partial charge is 0.494 e. The first-order chi connectivity index (χ1) is 14.5. The molecule has 152 valence electrons. The molecule has 0 aliphatic rings. The Hall–Kier alpha value is -3.63. The van der Waals surface area contributed by atoms with Crippen LogP contribution >= 0.6 is 11.3 Å². The maximum atomic E-state index is 12.5. The van der Waals surface area contributed by atoms with E-state index in [0.29, 0.717) is 28.4 Å². The number of benzene rings is 2. The van der Waals surface area contributed by atoms with Crippen molar-refractivity contribution in [3.63, 3.8) is 0 Å². The van der Waals surface area contributed by atoms with Crippen LogP contribution in [-0.2, 0) is 4.79 Å². The average Bonchev–Trinajstić information content (AvgIpc) is 3.14. The van der Waals surface area contributed by atoms with Crippen LogP contribution in [0, 0.1) is 19.3 Å². The lowest BCUT2D eigenvalue weighted by molar-refractivity contribution is -0.115. The highest BCUT2D eigenvalue weighted by atomic mass is 32.1. The van der Waals surface area contributed by atoms with Gasteiger partial charge in [0.25, 0.3) is 5.91 Å². The molecule has 3 rings (SSSR count).